The maximum absolute atomic E-state index is 5.63. The van der Waals surface area contributed by atoms with Crippen LogP contribution in [-0.4, -0.2) is 19.3 Å². The molecule has 2 atom stereocenters. The molecule has 0 spiro atoms. The molecule has 0 aromatic carbocycles. The van der Waals surface area contributed by atoms with Gasteiger partial charge >= 0.3 is 0 Å². The SMILES string of the molecule is CO[C@H]1[C@@H](N)C1(C)C. The highest BCUT2D eigenvalue weighted by molar-refractivity contribution is 5.10. The first-order chi connectivity index (χ1) is 3.60. The van der Waals surface area contributed by atoms with Gasteiger partial charge in [-0.05, 0) is 0 Å². The summed E-state index contributed by atoms with van der Waals surface area (Å²) in [5.41, 5.74) is 5.86. The summed E-state index contributed by atoms with van der Waals surface area (Å²) in [5.74, 6) is 0. The lowest BCUT2D eigenvalue weighted by molar-refractivity contribution is 0.151. The first kappa shape index (κ1) is 6.05. The monoisotopic (exact) mass is 115 g/mol. The topological polar surface area (TPSA) is 35.2 Å². The van der Waals surface area contributed by atoms with Gasteiger partial charge in [-0.2, -0.15) is 0 Å². The average molecular weight is 115 g/mol. The fraction of sp³-hybridized carbons (Fsp3) is 1.00. The Kier molecular flexibility index (Phi) is 1.10. The maximum Gasteiger partial charge on any atom is 0.0794 e. The van der Waals surface area contributed by atoms with E-state index < -0.39 is 0 Å². The lowest BCUT2D eigenvalue weighted by Gasteiger charge is -1.96. The Bertz CT molecular complexity index is 101. The highest BCUT2D eigenvalue weighted by Crippen LogP contribution is 2.45. The quantitative estimate of drug-likeness (QED) is 0.536. The summed E-state index contributed by atoms with van der Waals surface area (Å²) in [6.45, 7) is 4.23. The zero-order chi connectivity index (χ0) is 6.36. The molecule has 0 radical (unpaired) electrons. The van der Waals surface area contributed by atoms with Gasteiger partial charge < -0.3 is 10.5 Å². The molecule has 1 aliphatic rings. The third kappa shape index (κ3) is 0.565. The molecule has 1 saturated carbocycles. The van der Waals surface area contributed by atoms with Gasteiger partial charge in [0.05, 0.1) is 6.10 Å². The van der Waals surface area contributed by atoms with E-state index in [2.05, 4.69) is 13.8 Å². The molecule has 0 bridgehead atoms. The van der Waals surface area contributed by atoms with E-state index in [1.807, 2.05) is 0 Å². The van der Waals surface area contributed by atoms with Crippen molar-refractivity contribution in [1.29, 1.82) is 0 Å². The average Bonchev–Trinajstić information content (AvgIpc) is 2.09. The highest BCUT2D eigenvalue weighted by Gasteiger charge is 2.56. The van der Waals surface area contributed by atoms with Crippen molar-refractivity contribution >= 4 is 0 Å². The van der Waals surface area contributed by atoms with E-state index in [0.29, 0.717) is 6.10 Å². The van der Waals surface area contributed by atoms with Crippen molar-refractivity contribution in [2.45, 2.75) is 26.0 Å². The van der Waals surface area contributed by atoms with Crippen LogP contribution >= 0.6 is 0 Å². The predicted octanol–water partition coefficient (Wildman–Crippen LogP) is 0.368. The molecule has 2 N–H and O–H groups in total. The summed E-state index contributed by atoms with van der Waals surface area (Å²) in [5, 5.41) is 0. The van der Waals surface area contributed by atoms with Crippen LogP contribution in [0.3, 0.4) is 0 Å². The van der Waals surface area contributed by atoms with Crippen LogP contribution in [0.15, 0.2) is 0 Å². The van der Waals surface area contributed by atoms with Crippen LogP contribution in [0.25, 0.3) is 0 Å². The second-order valence-corrected chi connectivity index (χ2v) is 3.00. The lowest BCUT2D eigenvalue weighted by atomic mass is 10.2. The van der Waals surface area contributed by atoms with E-state index in [1.54, 1.807) is 7.11 Å². The maximum atomic E-state index is 5.63. The Labute approximate surface area is 50.0 Å². The normalized spacial score (nSPS) is 42.0. The van der Waals surface area contributed by atoms with Crippen molar-refractivity contribution in [2.24, 2.45) is 11.1 Å². The number of hydrogen-bond acceptors (Lipinski definition) is 2. The molecule has 0 amide bonds. The van der Waals surface area contributed by atoms with Crippen molar-refractivity contribution in [1.82, 2.24) is 0 Å². The molecular weight excluding hydrogens is 102 g/mol. The molecule has 1 rings (SSSR count). The van der Waals surface area contributed by atoms with Crippen LogP contribution < -0.4 is 5.73 Å². The van der Waals surface area contributed by atoms with E-state index in [-0.39, 0.29) is 11.5 Å². The molecule has 0 aromatic heterocycles. The first-order valence-electron chi connectivity index (χ1n) is 2.89. The van der Waals surface area contributed by atoms with Gasteiger partial charge in [-0.25, -0.2) is 0 Å². The minimum Gasteiger partial charge on any atom is -0.379 e. The molecule has 1 fully saturated rings. The molecule has 0 aromatic rings. The van der Waals surface area contributed by atoms with Crippen LogP contribution in [0, 0.1) is 5.41 Å². The largest absolute Gasteiger partial charge is 0.379 e. The van der Waals surface area contributed by atoms with Crippen LogP contribution in [0.2, 0.25) is 0 Å². The summed E-state index contributed by atoms with van der Waals surface area (Å²) < 4.78 is 5.06. The summed E-state index contributed by atoms with van der Waals surface area (Å²) in [4.78, 5) is 0. The van der Waals surface area contributed by atoms with Gasteiger partial charge in [0.1, 0.15) is 0 Å². The second kappa shape index (κ2) is 1.45. The molecule has 1 aliphatic carbocycles. The van der Waals surface area contributed by atoms with Gasteiger partial charge in [0.25, 0.3) is 0 Å². The highest BCUT2D eigenvalue weighted by atomic mass is 16.5. The molecule has 0 saturated heterocycles. The fourth-order valence-corrected chi connectivity index (χ4v) is 1.08. The molecule has 2 heteroatoms. The summed E-state index contributed by atoms with van der Waals surface area (Å²) in [6, 6.07) is 0.257. The smallest absolute Gasteiger partial charge is 0.0794 e. The Morgan fingerprint density at radius 1 is 1.50 bits per heavy atom. The van der Waals surface area contributed by atoms with E-state index in [4.69, 9.17) is 10.5 Å². The molecule has 2 nitrogen and oxygen atoms in total. The van der Waals surface area contributed by atoms with Crippen molar-refractivity contribution in [3.8, 4) is 0 Å². The van der Waals surface area contributed by atoms with Crippen LogP contribution in [0.1, 0.15) is 13.8 Å². The predicted molar refractivity (Wildman–Crippen MR) is 32.6 cm³/mol. The lowest BCUT2D eigenvalue weighted by Crippen LogP contribution is -2.07. The van der Waals surface area contributed by atoms with Crippen molar-refractivity contribution in [3.63, 3.8) is 0 Å². The van der Waals surface area contributed by atoms with Gasteiger partial charge in [0, 0.05) is 18.6 Å². The molecule has 0 unspecified atom stereocenters. The van der Waals surface area contributed by atoms with Gasteiger partial charge in [-0.15, -0.1) is 0 Å². The van der Waals surface area contributed by atoms with Crippen molar-refractivity contribution in [2.75, 3.05) is 7.11 Å². The minimum absolute atomic E-state index is 0.231. The Morgan fingerprint density at radius 2 is 1.88 bits per heavy atom. The molecule has 8 heavy (non-hydrogen) atoms. The Hall–Kier alpha value is -0.0800. The number of methoxy groups -OCH3 is 1. The Morgan fingerprint density at radius 3 is 1.88 bits per heavy atom. The molecule has 48 valence electrons. The van der Waals surface area contributed by atoms with Crippen LogP contribution in [0.4, 0.5) is 0 Å². The number of ether oxygens (including phenoxy) is 1. The van der Waals surface area contributed by atoms with Gasteiger partial charge in [-0.1, -0.05) is 13.8 Å². The minimum atomic E-state index is 0.231. The molecule has 0 aliphatic heterocycles. The fourth-order valence-electron chi connectivity index (χ4n) is 1.08. The number of hydrogen-bond donors (Lipinski definition) is 1. The van der Waals surface area contributed by atoms with Crippen molar-refractivity contribution < 1.29 is 4.74 Å². The number of nitrogens with two attached hydrogens (primary N) is 1. The van der Waals surface area contributed by atoms with Crippen LogP contribution in [0.5, 0.6) is 0 Å². The summed E-state index contributed by atoms with van der Waals surface area (Å²) in [6.07, 6.45) is 0.294. The Balaban J connectivity index is 2.45. The zero-order valence-corrected chi connectivity index (χ0v) is 5.64. The van der Waals surface area contributed by atoms with Crippen LogP contribution in [-0.2, 0) is 4.74 Å². The molecular formula is C6H13NO. The first-order valence-corrected chi connectivity index (χ1v) is 2.89. The third-order valence-electron chi connectivity index (χ3n) is 2.06. The van der Waals surface area contributed by atoms with E-state index in [0.717, 1.165) is 0 Å². The summed E-state index contributed by atoms with van der Waals surface area (Å²) >= 11 is 0. The van der Waals surface area contributed by atoms with Gasteiger partial charge in [0.2, 0.25) is 0 Å². The second-order valence-electron chi connectivity index (χ2n) is 3.00. The van der Waals surface area contributed by atoms with Gasteiger partial charge in [-0.3, -0.25) is 0 Å². The standard InChI is InChI=1S/C6H13NO/c1-6(2)4(7)5(6)8-3/h4-5H,7H2,1-3H3/t4-,5+/m1/s1. The zero-order valence-electron chi connectivity index (χ0n) is 5.64. The van der Waals surface area contributed by atoms with E-state index in [1.165, 1.54) is 0 Å². The third-order valence-corrected chi connectivity index (χ3v) is 2.06. The number of rotatable bonds is 1. The van der Waals surface area contributed by atoms with E-state index in [9.17, 15) is 0 Å². The van der Waals surface area contributed by atoms with Gasteiger partial charge in [0.15, 0.2) is 0 Å². The summed E-state index contributed by atoms with van der Waals surface area (Å²) in [7, 11) is 1.71. The van der Waals surface area contributed by atoms with Crippen molar-refractivity contribution in [3.05, 3.63) is 0 Å². The molecule has 0 heterocycles. The van der Waals surface area contributed by atoms with E-state index >= 15 is 0 Å².